The normalized spacial score (nSPS) is 13.0. The predicted octanol–water partition coefficient (Wildman–Crippen LogP) is 4.35. The molecule has 24 heavy (non-hydrogen) atoms. The van der Waals surface area contributed by atoms with Gasteiger partial charge in [-0.05, 0) is 17.0 Å². The fourth-order valence-electron chi connectivity index (χ4n) is 3.01. The summed E-state index contributed by atoms with van der Waals surface area (Å²) in [5.74, 6) is 0.406. The number of rotatable bonds is 6. The number of hydrogen-bond donors (Lipinski definition) is 1. The molecule has 130 valence electrons. The fourth-order valence-corrected chi connectivity index (χ4v) is 3.01. The summed E-state index contributed by atoms with van der Waals surface area (Å²) in [6.07, 6.45) is 0.316. The third kappa shape index (κ3) is 5.08. The van der Waals surface area contributed by atoms with Crippen molar-refractivity contribution >= 4 is 18.3 Å². The average molecular weight is 347 g/mol. The van der Waals surface area contributed by atoms with Crippen molar-refractivity contribution in [1.29, 1.82) is 0 Å². The highest BCUT2D eigenvalue weighted by atomic mass is 35.5. The maximum absolute atomic E-state index is 12.7. The standard InChI is InChI=1S/C20H26N2O.ClH/c1-15(2)20(17-12-8-5-9-13-17)22(3)19(23)14-18(21)16-10-6-4-7-11-16;/h4-13,15,18,20H,14,21H2,1-3H3;1H. The lowest BCUT2D eigenvalue weighted by Gasteiger charge is -2.32. The first-order valence-corrected chi connectivity index (χ1v) is 8.12. The molecule has 2 aromatic rings. The Balaban J connectivity index is 0.00000288. The molecule has 0 aromatic heterocycles. The van der Waals surface area contributed by atoms with E-state index < -0.39 is 0 Å². The summed E-state index contributed by atoms with van der Waals surface area (Å²) >= 11 is 0. The molecule has 0 fully saturated rings. The zero-order valence-corrected chi connectivity index (χ0v) is 15.4. The van der Waals surface area contributed by atoms with Crippen LogP contribution in [0.4, 0.5) is 0 Å². The summed E-state index contributed by atoms with van der Waals surface area (Å²) in [6, 6.07) is 19.7. The summed E-state index contributed by atoms with van der Waals surface area (Å²) in [6.45, 7) is 4.27. The SMILES string of the molecule is CC(C)C(c1ccccc1)N(C)C(=O)CC(N)c1ccccc1.Cl. The van der Waals surface area contributed by atoms with Gasteiger partial charge in [0.05, 0.1) is 6.04 Å². The Labute approximate surface area is 151 Å². The van der Waals surface area contributed by atoms with Gasteiger partial charge in [0.1, 0.15) is 0 Å². The molecule has 0 spiro atoms. The molecule has 2 N–H and O–H groups in total. The minimum absolute atomic E-state index is 0. The van der Waals surface area contributed by atoms with Crippen LogP contribution in [0.1, 0.15) is 43.5 Å². The fraction of sp³-hybridized carbons (Fsp3) is 0.350. The molecule has 2 atom stereocenters. The van der Waals surface area contributed by atoms with E-state index in [0.717, 1.165) is 11.1 Å². The molecule has 2 unspecified atom stereocenters. The molecule has 2 rings (SSSR count). The molecule has 0 saturated heterocycles. The minimum atomic E-state index is -0.269. The third-order valence-corrected chi connectivity index (χ3v) is 4.21. The molecular formula is C20H27ClN2O. The Hall–Kier alpha value is -1.84. The first kappa shape index (κ1) is 20.2. The zero-order chi connectivity index (χ0) is 16.8. The van der Waals surface area contributed by atoms with Gasteiger partial charge in [0.25, 0.3) is 0 Å². The van der Waals surface area contributed by atoms with Crippen molar-refractivity contribution in [1.82, 2.24) is 4.90 Å². The summed E-state index contributed by atoms with van der Waals surface area (Å²) in [4.78, 5) is 14.5. The van der Waals surface area contributed by atoms with Crippen molar-refractivity contribution < 1.29 is 4.79 Å². The molecule has 0 bridgehead atoms. The van der Waals surface area contributed by atoms with Crippen LogP contribution in [0.5, 0.6) is 0 Å². The smallest absolute Gasteiger partial charge is 0.224 e. The van der Waals surface area contributed by atoms with E-state index in [2.05, 4.69) is 26.0 Å². The highest BCUT2D eigenvalue weighted by Crippen LogP contribution is 2.28. The van der Waals surface area contributed by atoms with Crippen molar-refractivity contribution in [3.63, 3.8) is 0 Å². The molecule has 0 saturated carbocycles. The lowest BCUT2D eigenvalue weighted by molar-refractivity contribution is -0.133. The largest absolute Gasteiger partial charge is 0.338 e. The number of nitrogens with zero attached hydrogens (tertiary/aromatic N) is 1. The van der Waals surface area contributed by atoms with Gasteiger partial charge in [-0.3, -0.25) is 4.79 Å². The Morgan fingerprint density at radius 1 is 0.958 bits per heavy atom. The van der Waals surface area contributed by atoms with Crippen molar-refractivity contribution in [3.8, 4) is 0 Å². The topological polar surface area (TPSA) is 46.3 Å². The van der Waals surface area contributed by atoms with Crippen LogP contribution < -0.4 is 5.73 Å². The van der Waals surface area contributed by atoms with Crippen molar-refractivity contribution in [2.24, 2.45) is 11.7 Å². The van der Waals surface area contributed by atoms with Gasteiger partial charge in [0.2, 0.25) is 5.91 Å². The number of hydrogen-bond acceptors (Lipinski definition) is 2. The monoisotopic (exact) mass is 346 g/mol. The van der Waals surface area contributed by atoms with E-state index in [0.29, 0.717) is 12.3 Å². The summed E-state index contributed by atoms with van der Waals surface area (Å²) in [5.41, 5.74) is 8.36. The molecule has 0 heterocycles. The van der Waals surface area contributed by atoms with Gasteiger partial charge < -0.3 is 10.6 Å². The number of carbonyl (C=O) groups is 1. The van der Waals surface area contributed by atoms with Crippen molar-refractivity contribution in [2.75, 3.05) is 7.05 Å². The van der Waals surface area contributed by atoms with Crippen LogP contribution in [0, 0.1) is 5.92 Å². The molecule has 0 aliphatic heterocycles. The van der Waals surface area contributed by atoms with Gasteiger partial charge in [0.15, 0.2) is 0 Å². The minimum Gasteiger partial charge on any atom is -0.338 e. The van der Waals surface area contributed by atoms with E-state index >= 15 is 0 Å². The zero-order valence-electron chi connectivity index (χ0n) is 14.6. The van der Waals surface area contributed by atoms with Crippen LogP contribution in [0.2, 0.25) is 0 Å². The van der Waals surface area contributed by atoms with E-state index in [1.165, 1.54) is 0 Å². The van der Waals surface area contributed by atoms with E-state index in [-0.39, 0.29) is 30.4 Å². The van der Waals surface area contributed by atoms with Crippen LogP contribution in [0.15, 0.2) is 60.7 Å². The van der Waals surface area contributed by atoms with Gasteiger partial charge in [0, 0.05) is 19.5 Å². The van der Waals surface area contributed by atoms with Crippen molar-refractivity contribution in [3.05, 3.63) is 71.8 Å². The predicted molar refractivity (Wildman–Crippen MR) is 102 cm³/mol. The van der Waals surface area contributed by atoms with Gasteiger partial charge >= 0.3 is 0 Å². The van der Waals surface area contributed by atoms with Crippen LogP contribution in [-0.2, 0) is 4.79 Å². The van der Waals surface area contributed by atoms with Crippen LogP contribution in [-0.4, -0.2) is 17.9 Å². The number of benzene rings is 2. The highest BCUT2D eigenvalue weighted by Gasteiger charge is 2.25. The maximum atomic E-state index is 12.7. The number of carbonyl (C=O) groups excluding carboxylic acids is 1. The molecule has 2 aromatic carbocycles. The Morgan fingerprint density at radius 2 is 1.42 bits per heavy atom. The first-order valence-electron chi connectivity index (χ1n) is 8.12. The molecule has 0 aliphatic rings. The molecule has 3 nitrogen and oxygen atoms in total. The number of amides is 1. The van der Waals surface area contributed by atoms with E-state index in [1.807, 2.05) is 60.5 Å². The quantitative estimate of drug-likeness (QED) is 0.845. The second-order valence-corrected chi connectivity index (χ2v) is 6.33. The molecule has 1 amide bonds. The molecular weight excluding hydrogens is 320 g/mol. The lowest BCUT2D eigenvalue weighted by Crippen LogP contribution is -2.35. The highest BCUT2D eigenvalue weighted by molar-refractivity contribution is 5.85. The molecule has 0 radical (unpaired) electrons. The molecule has 0 aliphatic carbocycles. The summed E-state index contributed by atoms with van der Waals surface area (Å²) in [7, 11) is 1.87. The third-order valence-electron chi connectivity index (χ3n) is 4.21. The number of halogens is 1. The van der Waals surface area contributed by atoms with Crippen molar-refractivity contribution in [2.45, 2.75) is 32.4 Å². The average Bonchev–Trinajstić information content (AvgIpc) is 2.56. The van der Waals surface area contributed by atoms with E-state index in [1.54, 1.807) is 0 Å². The van der Waals surface area contributed by atoms with Crippen LogP contribution in [0.3, 0.4) is 0 Å². The van der Waals surface area contributed by atoms with Gasteiger partial charge in [-0.1, -0.05) is 74.5 Å². The Bertz CT molecular complexity index is 616. The second-order valence-electron chi connectivity index (χ2n) is 6.33. The first-order chi connectivity index (χ1) is 11.0. The lowest BCUT2D eigenvalue weighted by atomic mass is 9.94. The molecule has 4 heteroatoms. The Kier molecular flexibility index (Phi) is 7.96. The van der Waals surface area contributed by atoms with E-state index in [4.69, 9.17) is 5.73 Å². The van der Waals surface area contributed by atoms with Gasteiger partial charge in [-0.15, -0.1) is 12.4 Å². The Morgan fingerprint density at radius 3 is 1.88 bits per heavy atom. The van der Waals surface area contributed by atoms with Gasteiger partial charge in [-0.25, -0.2) is 0 Å². The summed E-state index contributed by atoms with van der Waals surface area (Å²) in [5, 5.41) is 0. The summed E-state index contributed by atoms with van der Waals surface area (Å²) < 4.78 is 0. The van der Waals surface area contributed by atoms with Gasteiger partial charge in [-0.2, -0.15) is 0 Å². The van der Waals surface area contributed by atoms with Crippen LogP contribution in [0.25, 0.3) is 0 Å². The van der Waals surface area contributed by atoms with E-state index in [9.17, 15) is 4.79 Å². The second kappa shape index (κ2) is 9.45. The maximum Gasteiger partial charge on any atom is 0.224 e. The number of nitrogens with two attached hydrogens (primary N) is 1. The van der Waals surface area contributed by atoms with Crippen LogP contribution >= 0.6 is 12.4 Å².